The number of nitrogens with zero attached hydrogens (tertiary/aromatic N) is 5. The lowest BCUT2D eigenvalue weighted by atomic mass is 10.3. The minimum atomic E-state index is 0.319. The van der Waals surface area contributed by atoms with Crippen molar-refractivity contribution in [1.29, 1.82) is 0 Å². The molecule has 1 saturated carbocycles. The van der Waals surface area contributed by atoms with Gasteiger partial charge in [0.15, 0.2) is 0 Å². The average Bonchev–Trinajstić information content (AvgIpc) is 3.24. The molecule has 22 heavy (non-hydrogen) atoms. The maximum absolute atomic E-state index is 6.16. The summed E-state index contributed by atoms with van der Waals surface area (Å²) in [5.74, 6) is 2.87. The second-order valence-corrected chi connectivity index (χ2v) is 5.94. The molecule has 2 aromatic heterocycles. The smallest absolute Gasteiger partial charge is 0.319 e. The number of aryl methyl sites for hydroxylation is 2. The molecule has 0 amide bonds. The van der Waals surface area contributed by atoms with Gasteiger partial charge in [-0.05, 0) is 32.6 Å². The van der Waals surface area contributed by atoms with Gasteiger partial charge in [-0.1, -0.05) is 11.6 Å². The fourth-order valence-electron chi connectivity index (χ4n) is 2.06. The molecular formula is C14H19ClN6O. The molecule has 0 atom stereocenters. The SMILES string of the molecule is Cc1nc(CNc2nc(OCC3CC3)nc(Cl)c2C)n(C)n1. The van der Waals surface area contributed by atoms with Crippen molar-refractivity contribution in [2.45, 2.75) is 33.2 Å². The summed E-state index contributed by atoms with van der Waals surface area (Å²) in [7, 11) is 1.86. The molecule has 0 unspecified atom stereocenters. The van der Waals surface area contributed by atoms with Crippen molar-refractivity contribution in [2.75, 3.05) is 11.9 Å². The first-order valence-electron chi connectivity index (χ1n) is 7.30. The van der Waals surface area contributed by atoms with Gasteiger partial charge in [-0.2, -0.15) is 15.1 Å². The van der Waals surface area contributed by atoms with E-state index in [0.717, 1.165) is 17.2 Å². The number of anilines is 1. The molecule has 0 aromatic carbocycles. The third kappa shape index (κ3) is 3.47. The van der Waals surface area contributed by atoms with Crippen LogP contribution in [0.2, 0.25) is 5.15 Å². The molecule has 1 aliphatic rings. The molecule has 1 fully saturated rings. The Hall–Kier alpha value is -1.89. The fourth-order valence-corrected chi connectivity index (χ4v) is 2.22. The molecule has 2 aromatic rings. The molecule has 2 heterocycles. The van der Waals surface area contributed by atoms with Gasteiger partial charge in [0.1, 0.15) is 22.6 Å². The van der Waals surface area contributed by atoms with Gasteiger partial charge in [0.05, 0.1) is 13.2 Å². The zero-order valence-corrected chi connectivity index (χ0v) is 13.7. The first-order valence-corrected chi connectivity index (χ1v) is 7.68. The third-order valence-corrected chi connectivity index (χ3v) is 3.95. The quantitative estimate of drug-likeness (QED) is 0.822. The first-order chi connectivity index (χ1) is 10.5. The standard InChI is InChI=1S/C14H19ClN6O/c1-8-12(15)18-14(22-7-10-4-5-10)19-13(8)16-6-11-17-9(2)20-21(11)3/h10H,4-7H2,1-3H3,(H,16,18,19). The van der Waals surface area contributed by atoms with E-state index in [4.69, 9.17) is 16.3 Å². The Balaban J connectivity index is 1.71. The Morgan fingerprint density at radius 1 is 1.27 bits per heavy atom. The number of hydrogen-bond donors (Lipinski definition) is 1. The first kappa shape index (κ1) is 15.0. The van der Waals surface area contributed by atoms with Crippen molar-refractivity contribution in [3.63, 3.8) is 0 Å². The predicted octanol–water partition coefficient (Wildman–Crippen LogP) is 2.28. The fraction of sp³-hybridized carbons (Fsp3) is 0.571. The van der Waals surface area contributed by atoms with E-state index in [-0.39, 0.29) is 0 Å². The lowest BCUT2D eigenvalue weighted by Gasteiger charge is -2.11. The summed E-state index contributed by atoms with van der Waals surface area (Å²) in [6, 6.07) is 0.319. The number of halogens is 1. The topological polar surface area (TPSA) is 77.8 Å². The molecule has 118 valence electrons. The van der Waals surface area contributed by atoms with Gasteiger partial charge < -0.3 is 10.1 Å². The number of hydrogen-bond acceptors (Lipinski definition) is 6. The summed E-state index contributed by atoms with van der Waals surface area (Å²) in [6.07, 6.45) is 2.44. The van der Waals surface area contributed by atoms with E-state index < -0.39 is 0 Å². The highest BCUT2D eigenvalue weighted by Crippen LogP contribution is 2.30. The highest BCUT2D eigenvalue weighted by Gasteiger charge is 2.23. The van der Waals surface area contributed by atoms with E-state index in [0.29, 0.717) is 36.1 Å². The van der Waals surface area contributed by atoms with E-state index in [1.807, 2.05) is 20.9 Å². The van der Waals surface area contributed by atoms with Gasteiger partial charge in [0.2, 0.25) is 0 Å². The van der Waals surface area contributed by atoms with Crippen molar-refractivity contribution >= 4 is 17.4 Å². The maximum Gasteiger partial charge on any atom is 0.319 e. The normalized spacial score (nSPS) is 14.2. The molecule has 3 rings (SSSR count). The van der Waals surface area contributed by atoms with E-state index in [9.17, 15) is 0 Å². The van der Waals surface area contributed by atoms with Crippen LogP contribution in [0.4, 0.5) is 5.82 Å². The third-order valence-electron chi connectivity index (χ3n) is 3.58. The average molecular weight is 323 g/mol. The number of aromatic nitrogens is 5. The van der Waals surface area contributed by atoms with Crippen molar-refractivity contribution in [3.8, 4) is 6.01 Å². The number of nitrogens with one attached hydrogen (secondary N) is 1. The molecular weight excluding hydrogens is 304 g/mol. The van der Waals surface area contributed by atoms with Crippen molar-refractivity contribution in [1.82, 2.24) is 24.7 Å². The summed E-state index contributed by atoms with van der Waals surface area (Å²) in [6.45, 7) is 4.90. The van der Waals surface area contributed by atoms with Gasteiger partial charge in [-0.3, -0.25) is 4.68 Å². The Morgan fingerprint density at radius 3 is 2.68 bits per heavy atom. The highest BCUT2D eigenvalue weighted by molar-refractivity contribution is 6.30. The van der Waals surface area contributed by atoms with Crippen LogP contribution in [-0.2, 0) is 13.6 Å². The van der Waals surface area contributed by atoms with Crippen LogP contribution in [0.15, 0.2) is 0 Å². The van der Waals surface area contributed by atoms with Crippen molar-refractivity contribution < 1.29 is 4.74 Å². The van der Waals surface area contributed by atoms with Gasteiger partial charge in [0.25, 0.3) is 0 Å². The summed E-state index contributed by atoms with van der Waals surface area (Å²) in [4.78, 5) is 12.9. The van der Waals surface area contributed by atoms with Crippen molar-refractivity contribution in [2.24, 2.45) is 13.0 Å². The predicted molar refractivity (Wildman–Crippen MR) is 83.1 cm³/mol. The molecule has 1 N–H and O–H groups in total. The van der Waals surface area contributed by atoms with Crippen LogP contribution in [0.1, 0.15) is 30.1 Å². The second-order valence-electron chi connectivity index (χ2n) is 5.58. The molecule has 7 nitrogen and oxygen atoms in total. The summed E-state index contributed by atoms with van der Waals surface area (Å²) in [5, 5.41) is 7.85. The molecule has 8 heteroatoms. The van der Waals surface area contributed by atoms with Crippen LogP contribution in [0, 0.1) is 19.8 Å². The largest absolute Gasteiger partial charge is 0.463 e. The zero-order valence-electron chi connectivity index (χ0n) is 12.9. The number of ether oxygens (including phenoxy) is 1. The lowest BCUT2D eigenvalue weighted by molar-refractivity contribution is 0.276. The van der Waals surface area contributed by atoms with E-state index >= 15 is 0 Å². The van der Waals surface area contributed by atoms with Crippen LogP contribution in [0.5, 0.6) is 6.01 Å². The van der Waals surface area contributed by atoms with Gasteiger partial charge >= 0.3 is 6.01 Å². The second kappa shape index (κ2) is 6.08. The summed E-state index contributed by atoms with van der Waals surface area (Å²) in [5.41, 5.74) is 0.791. The van der Waals surface area contributed by atoms with E-state index in [1.165, 1.54) is 12.8 Å². The summed E-state index contributed by atoms with van der Waals surface area (Å²) >= 11 is 6.16. The van der Waals surface area contributed by atoms with Crippen LogP contribution < -0.4 is 10.1 Å². The molecule has 0 radical (unpaired) electrons. The Bertz CT molecular complexity index is 682. The van der Waals surface area contributed by atoms with Gasteiger partial charge in [-0.15, -0.1) is 0 Å². The zero-order chi connectivity index (χ0) is 15.7. The Kier molecular flexibility index (Phi) is 4.15. The Labute approximate surface area is 134 Å². The van der Waals surface area contributed by atoms with Crippen LogP contribution in [-0.4, -0.2) is 31.3 Å². The monoisotopic (exact) mass is 322 g/mol. The van der Waals surface area contributed by atoms with E-state index in [1.54, 1.807) is 4.68 Å². The van der Waals surface area contributed by atoms with Gasteiger partial charge in [0, 0.05) is 12.6 Å². The summed E-state index contributed by atoms with van der Waals surface area (Å²) < 4.78 is 7.35. The van der Waals surface area contributed by atoms with Crippen molar-refractivity contribution in [3.05, 3.63) is 22.4 Å². The highest BCUT2D eigenvalue weighted by atomic mass is 35.5. The molecule has 0 saturated heterocycles. The minimum Gasteiger partial charge on any atom is -0.463 e. The van der Waals surface area contributed by atoms with Crippen LogP contribution in [0.25, 0.3) is 0 Å². The minimum absolute atomic E-state index is 0.319. The number of rotatable bonds is 6. The molecule has 1 aliphatic carbocycles. The van der Waals surface area contributed by atoms with Crippen LogP contribution in [0.3, 0.4) is 0 Å². The maximum atomic E-state index is 6.16. The molecule has 0 aliphatic heterocycles. The van der Waals surface area contributed by atoms with E-state index in [2.05, 4.69) is 25.4 Å². The molecule has 0 bridgehead atoms. The lowest BCUT2D eigenvalue weighted by Crippen LogP contribution is -2.11. The Morgan fingerprint density at radius 2 is 2.05 bits per heavy atom. The van der Waals surface area contributed by atoms with Crippen LogP contribution >= 0.6 is 11.6 Å². The van der Waals surface area contributed by atoms with Gasteiger partial charge in [-0.25, -0.2) is 4.98 Å². The molecule has 0 spiro atoms.